The number of aryl methyl sites for hydroxylation is 2. The molecule has 1 aromatic heterocycles. The highest BCUT2D eigenvalue weighted by atomic mass is 16.5. The zero-order chi connectivity index (χ0) is 17.6. The largest absolute Gasteiger partial charge is 0.483 e. The second-order valence-electron chi connectivity index (χ2n) is 6.52. The molecule has 2 heterocycles. The van der Waals surface area contributed by atoms with Crippen molar-refractivity contribution in [3.63, 3.8) is 0 Å². The summed E-state index contributed by atoms with van der Waals surface area (Å²) in [5.74, 6) is 0.887. The van der Waals surface area contributed by atoms with Crippen molar-refractivity contribution >= 4 is 5.91 Å². The van der Waals surface area contributed by atoms with Gasteiger partial charge in [0, 0.05) is 45.1 Å². The van der Waals surface area contributed by atoms with Crippen molar-refractivity contribution in [2.24, 2.45) is 0 Å². The number of aromatic nitrogens is 1. The minimum atomic E-state index is 0.0613. The highest BCUT2D eigenvalue weighted by Gasteiger charge is 2.21. The molecule has 5 nitrogen and oxygen atoms in total. The summed E-state index contributed by atoms with van der Waals surface area (Å²) in [4.78, 5) is 20.7. The van der Waals surface area contributed by atoms with Gasteiger partial charge in [0.1, 0.15) is 5.75 Å². The van der Waals surface area contributed by atoms with E-state index in [9.17, 15) is 4.79 Å². The molecule has 0 unspecified atom stereocenters. The van der Waals surface area contributed by atoms with Gasteiger partial charge >= 0.3 is 0 Å². The molecule has 3 rings (SSSR count). The van der Waals surface area contributed by atoms with Crippen molar-refractivity contribution in [3.8, 4) is 5.75 Å². The Morgan fingerprint density at radius 1 is 1.04 bits per heavy atom. The van der Waals surface area contributed by atoms with Crippen LogP contribution >= 0.6 is 0 Å². The minimum Gasteiger partial charge on any atom is -0.483 e. The second kappa shape index (κ2) is 8.12. The van der Waals surface area contributed by atoms with Crippen molar-refractivity contribution < 1.29 is 9.53 Å². The van der Waals surface area contributed by atoms with Crippen LogP contribution in [0.3, 0.4) is 0 Å². The molecule has 1 aliphatic heterocycles. The topological polar surface area (TPSA) is 45.7 Å². The Morgan fingerprint density at radius 3 is 2.32 bits per heavy atom. The van der Waals surface area contributed by atoms with Crippen LogP contribution in [0, 0.1) is 13.8 Å². The summed E-state index contributed by atoms with van der Waals surface area (Å²) >= 11 is 0. The lowest BCUT2D eigenvalue weighted by molar-refractivity contribution is -0.135. The van der Waals surface area contributed by atoms with Crippen LogP contribution < -0.4 is 4.74 Å². The maximum Gasteiger partial charge on any atom is 0.260 e. The van der Waals surface area contributed by atoms with Gasteiger partial charge in [-0.05, 0) is 42.7 Å². The molecule has 0 radical (unpaired) electrons. The van der Waals surface area contributed by atoms with Crippen LogP contribution in [0.1, 0.15) is 16.7 Å². The number of para-hydroxylation sites is 1. The van der Waals surface area contributed by atoms with Crippen LogP contribution in [0.15, 0.2) is 42.7 Å². The van der Waals surface area contributed by atoms with Gasteiger partial charge in [0.05, 0.1) is 0 Å². The van der Waals surface area contributed by atoms with E-state index in [0.29, 0.717) is 0 Å². The number of benzene rings is 1. The SMILES string of the molecule is Cc1cccc(C)c1OCC(=O)N1CCN(Cc2ccncc2)CC1. The smallest absolute Gasteiger partial charge is 0.260 e. The molecule has 2 aromatic rings. The molecule has 1 aromatic carbocycles. The molecule has 132 valence electrons. The molecule has 1 aliphatic rings. The number of nitrogens with zero attached hydrogens (tertiary/aromatic N) is 3. The van der Waals surface area contributed by atoms with E-state index in [0.717, 1.165) is 49.6 Å². The van der Waals surface area contributed by atoms with Gasteiger partial charge in [-0.25, -0.2) is 0 Å². The van der Waals surface area contributed by atoms with Crippen LogP contribution in [-0.4, -0.2) is 53.5 Å². The van der Waals surface area contributed by atoms with Gasteiger partial charge in [-0.3, -0.25) is 14.7 Å². The molecule has 1 fully saturated rings. The molecule has 1 saturated heterocycles. The molecule has 5 heteroatoms. The van der Waals surface area contributed by atoms with Crippen LogP contribution in [0.2, 0.25) is 0 Å². The summed E-state index contributed by atoms with van der Waals surface area (Å²) in [5.41, 5.74) is 3.39. The molecule has 0 saturated carbocycles. The maximum atomic E-state index is 12.4. The third kappa shape index (κ3) is 4.57. The fourth-order valence-corrected chi connectivity index (χ4v) is 3.15. The Kier molecular flexibility index (Phi) is 5.66. The van der Waals surface area contributed by atoms with Crippen molar-refractivity contribution in [3.05, 3.63) is 59.4 Å². The number of piperazine rings is 1. The van der Waals surface area contributed by atoms with Crippen LogP contribution in [-0.2, 0) is 11.3 Å². The fourth-order valence-electron chi connectivity index (χ4n) is 3.15. The van der Waals surface area contributed by atoms with E-state index in [4.69, 9.17) is 4.74 Å². The molecule has 0 aliphatic carbocycles. The number of hydrogen-bond acceptors (Lipinski definition) is 4. The first-order valence-corrected chi connectivity index (χ1v) is 8.71. The number of amides is 1. The summed E-state index contributed by atoms with van der Waals surface area (Å²) in [6.45, 7) is 8.30. The molecular formula is C20H25N3O2. The van der Waals surface area contributed by atoms with Crippen LogP contribution in [0.25, 0.3) is 0 Å². The third-order valence-electron chi connectivity index (χ3n) is 4.63. The second-order valence-corrected chi connectivity index (χ2v) is 6.52. The molecule has 0 N–H and O–H groups in total. The summed E-state index contributed by atoms with van der Waals surface area (Å²) in [5, 5.41) is 0. The Morgan fingerprint density at radius 2 is 1.68 bits per heavy atom. The number of rotatable bonds is 5. The number of carbonyl (C=O) groups is 1. The van der Waals surface area contributed by atoms with E-state index in [1.165, 1.54) is 5.56 Å². The van der Waals surface area contributed by atoms with Gasteiger partial charge in [0.25, 0.3) is 5.91 Å². The Bertz CT molecular complexity index is 690. The molecule has 0 bridgehead atoms. The predicted molar refractivity (Wildman–Crippen MR) is 97.5 cm³/mol. The van der Waals surface area contributed by atoms with Crippen molar-refractivity contribution in [1.82, 2.24) is 14.8 Å². The molecular weight excluding hydrogens is 314 g/mol. The molecule has 0 atom stereocenters. The van der Waals surface area contributed by atoms with E-state index in [-0.39, 0.29) is 12.5 Å². The summed E-state index contributed by atoms with van der Waals surface area (Å²) < 4.78 is 5.79. The highest BCUT2D eigenvalue weighted by molar-refractivity contribution is 5.78. The van der Waals surface area contributed by atoms with E-state index >= 15 is 0 Å². The number of pyridine rings is 1. The monoisotopic (exact) mass is 339 g/mol. The first-order chi connectivity index (χ1) is 12.1. The molecule has 1 amide bonds. The van der Waals surface area contributed by atoms with E-state index in [2.05, 4.69) is 9.88 Å². The number of ether oxygens (including phenoxy) is 1. The van der Waals surface area contributed by atoms with E-state index in [1.54, 1.807) is 0 Å². The first kappa shape index (κ1) is 17.4. The fraction of sp³-hybridized carbons (Fsp3) is 0.400. The van der Waals surface area contributed by atoms with Gasteiger partial charge in [-0.2, -0.15) is 0 Å². The van der Waals surface area contributed by atoms with E-state index in [1.807, 2.05) is 61.5 Å². The molecule has 25 heavy (non-hydrogen) atoms. The first-order valence-electron chi connectivity index (χ1n) is 8.71. The van der Waals surface area contributed by atoms with Gasteiger partial charge < -0.3 is 9.64 Å². The lowest BCUT2D eigenvalue weighted by Gasteiger charge is -2.34. The maximum absolute atomic E-state index is 12.4. The van der Waals surface area contributed by atoms with Crippen molar-refractivity contribution in [2.45, 2.75) is 20.4 Å². The van der Waals surface area contributed by atoms with Crippen LogP contribution in [0.5, 0.6) is 5.75 Å². The van der Waals surface area contributed by atoms with Gasteiger partial charge in [0.2, 0.25) is 0 Å². The Hall–Kier alpha value is -2.40. The predicted octanol–water partition coefficient (Wildman–Crippen LogP) is 2.42. The lowest BCUT2D eigenvalue weighted by atomic mass is 10.1. The summed E-state index contributed by atoms with van der Waals surface area (Å²) in [6.07, 6.45) is 3.64. The Balaban J connectivity index is 1.47. The average molecular weight is 339 g/mol. The quantitative estimate of drug-likeness (QED) is 0.839. The van der Waals surface area contributed by atoms with Crippen molar-refractivity contribution in [1.29, 1.82) is 0 Å². The van der Waals surface area contributed by atoms with Gasteiger partial charge in [-0.15, -0.1) is 0 Å². The Labute approximate surface area is 149 Å². The average Bonchev–Trinajstić information content (AvgIpc) is 2.62. The normalized spacial score (nSPS) is 15.2. The lowest BCUT2D eigenvalue weighted by Crippen LogP contribution is -2.49. The zero-order valence-corrected chi connectivity index (χ0v) is 14.9. The number of carbonyl (C=O) groups excluding carboxylic acids is 1. The number of hydrogen-bond donors (Lipinski definition) is 0. The summed E-state index contributed by atoms with van der Waals surface area (Å²) in [6, 6.07) is 10.1. The highest BCUT2D eigenvalue weighted by Crippen LogP contribution is 2.22. The zero-order valence-electron chi connectivity index (χ0n) is 14.9. The van der Waals surface area contributed by atoms with Gasteiger partial charge in [-0.1, -0.05) is 18.2 Å². The van der Waals surface area contributed by atoms with E-state index < -0.39 is 0 Å². The standard InChI is InChI=1S/C20H25N3O2/c1-16-4-3-5-17(2)20(16)25-15-19(24)23-12-10-22(11-13-23)14-18-6-8-21-9-7-18/h3-9H,10-15H2,1-2H3. The minimum absolute atomic E-state index is 0.0613. The van der Waals surface area contributed by atoms with Gasteiger partial charge in [0.15, 0.2) is 6.61 Å². The van der Waals surface area contributed by atoms with Crippen LogP contribution in [0.4, 0.5) is 0 Å². The molecule has 0 spiro atoms. The van der Waals surface area contributed by atoms with Crippen molar-refractivity contribution in [2.75, 3.05) is 32.8 Å². The summed E-state index contributed by atoms with van der Waals surface area (Å²) in [7, 11) is 0. The third-order valence-corrected chi connectivity index (χ3v) is 4.63.